The Bertz CT molecular complexity index is 105. The summed E-state index contributed by atoms with van der Waals surface area (Å²) in [4.78, 5) is 10.00. The van der Waals surface area contributed by atoms with Crippen molar-refractivity contribution in [3.63, 3.8) is 0 Å². The molecule has 0 aliphatic carbocycles. The molecule has 1 fully saturated rings. The van der Waals surface area contributed by atoms with Crippen LogP contribution in [-0.2, 0) is 9.53 Å². The molecule has 0 spiro atoms. The molecule has 0 N–H and O–H groups in total. The third-order valence-electron chi connectivity index (χ3n) is 1.35. The molecule has 2 nitrogen and oxygen atoms in total. The van der Waals surface area contributed by atoms with Gasteiger partial charge in [-0.1, -0.05) is 0 Å². The summed E-state index contributed by atoms with van der Waals surface area (Å²) in [6.45, 7) is 0.591. The molecule has 1 heterocycles. The Kier molecular flexibility index (Phi) is 2.49. The van der Waals surface area contributed by atoms with Crippen LogP contribution in [0.25, 0.3) is 0 Å². The van der Waals surface area contributed by atoms with Crippen LogP contribution in [0.15, 0.2) is 0 Å². The molecule has 2 atom stereocenters. The van der Waals surface area contributed by atoms with E-state index in [4.69, 9.17) is 16.3 Å². The van der Waals surface area contributed by atoms with E-state index in [2.05, 4.69) is 0 Å². The summed E-state index contributed by atoms with van der Waals surface area (Å²) in [5.41, 5.74) is 0. The van der Waals surface area contributed by atoms with Gasteiger partial charge in [-0.05, 0) is 12.8 Å². The third-order valence-corrected chi connectivity index (χ3v) is 1.75. The molecule has 1 aliphatic rings. The third kappa shape index (κ3) is 1.95. The van der Waals surface area contributed by atoms with Gasteiger partial charge in [0.2, 0.25) is 6.29 Å². The van der Waals surface area contributed by atoms with Crippen molar-refractivity contribution in [2.24, 2.45) is 0 Å². The van der Waals surface area contributed by atoms with Crippen LogP contribution in [0.4, 0.5) is 0 Å². The molecule has 0 aromatic heterocycles. The summed E-state index contributed by atoms with van der Waals surface area (Å²) >= 11 is 5.73. The van der Waals surface area contributed by atoms with Gasteiger partial charge in [-0.2, -0.15) is 0 Å². The zero-order chi connectivity index (χ0) is 6.69. The molecule has 1 aliphatic heterocycles. The van der Waals surface area contributed by atoms with Crippen LogP contribution in [0.2, 0.25) is 0 Å². The molecule has 0 aromatic rings. The summed E-state index contributed by atoms with van der Waals surface area (Å²) in [7, 11) is 0. The van der Waals surface area contributed by atoms with Crippen molar-refractivity contribution in [3.8, 4) is 0 Å². The monoisotopic (exact) mass is 147 g/mol. The van der Waals surface area contributed by atoms with E-state index >= 15 is 0 Å². The Morgan fingerprint density at radius 3 is 2.89 bits per heavy atom. The van der Waals surface area contributed by atoms with E-state index in [1.807, 2.05) is 0 Å². The number of rotatable bonds is 1. The Morgan fingerprint density at radius 1 is 1.67 bits per heavy atom. The minimum Gasteiger partial charge on any atom is -0.370 e. The first-order chi connectivity index (χ1) is 4.33. The predicted molar refractivity (Wildman–Crippen MR) is 34.3 cm³/mol. The van der Waals surface area contributed by atoms with E-state index in [1.54, 1.807) is 6.29 Å². The molecule has 0 amide bonds. The first kappa shape index (κ1) is 7.03. The van der Waals surface area contributed by atoms with Gasteiger partial charge >= 0.3 is 0 Å². The average Bonchev–Trinajstić information content (AvgIpc) is 1.88. The minimum atomic E-state index is -0.374. The van der Waals surface area contributed by atoms with E-state index in [9.17, 15) is 4.79 Å². The van der Waals surface area contributed by atoms with Gasteiger partial charge < -0.3 is 4.74 Å². The fraction of sp³-hybridized carbons (Fsp3) is 0.833. The highest BCUT2D eigenvalue weighted by Crippen LogP contribution is 2.16. The molecule has 0 bridgehead atoms. The molecular weight excluding hydrogens is 140 g/mol. The number of alkyl halides is 1. The lowest BCUT2D eigenvalue weighted by molar-refractivity contribution is 0.0589. The van der Waals surface area contributed by atoms with Crippen LogP contribution in [0.1, 0.15) is 12.8 Å². The average molecular weight is 148 g/mol. The van der Waals surface area contributed by atoms with Crippen molar-refractivity contribution in [3.05, 3.63) is 0 Å². The normalized spacial score (nSPS) is 36.1. The van der Waals surface area contributed by atoms with Crippen molar-refractivity contribution in [1.29, 1.82) is 0 Å². The Labute approximate surface area is 59.1 Å². The Balaban J connectivity index is 2.31. The first-order valence-electron chi connectivity index (χ1n) is 2.96. The summed E-state index contributed by atoms with van der Waals surface area (Å²) in [6.07, 6.45) is 2.87. The maximum Gasteiger partial charge on any atom is 0.229 e. The van der Waals surface area contributed by atoms with E-state index in [0.29, 0.717) is 13.0 Å². The largest absolute Gasteiger partial charge is 0.370 e. The molecule has 0 aromatic carbocycles. The number of carbonyl (C=O) groups excluding carboxylic acids is 1. The molecule has 9 heavy (non-hydrogen) atoms. The van der Waals surface area contributed by atoms with Crippen molar-refractivity contribution in [1.82, 2.24) is 0 Å². The topological polar surface area (TPSA) is 26.3 Å². The number of hydrogen-bond acceptors (Lipinski definition) is 2. The molecule has 0 saturated carbocycles. The summed E-state index contributed by atoms with van der Waals surface area (Å²) in [5.74, 6) is 0. The second-order valence-electron chi connectivity index (χ2n) is 2.10. The smallest absolute Gasteiger partial charge is 0.229 e. The van der Waals surface area contributed by atoms with Gasteiger partial charge in [-0.25, -0.2) is 0 Å². The van der Waals surface area contributed by atoms with Crippen molar-refractivity contribution < 1.29 is 9.53 Å². The molecule has 51 valence electrons. The second kappa shape index (κ2) is 3.18. The van der Waals surface area contributed by atoms with Gasteiger partial charge in [-0.3, -0.25) is 4.79 Å². The van der Waals surface area contributed by atoms with Crippen LogP contribution in [0, 0.1) is 0 Å². The van der Waals surface area contributed by atoms with Gasteiger partial charge in [0.15, 0.2) is 0 Å². The number of ether oxygens (including phenoxy) is 1. The maximum atomic E-state index is 10.00. The van der Waals surface area contributed by atoms with E-state index in [1.165, 1.54) is 0 Å². The van der Waals surface area contributed by atoms with Crippen molar-refractivity contribution in [2.75, 3.05) is 6.61 Å². The van der Waals surface area contributed by atoms with Gasteiger partial charge in [0.1, 0.15) is 6.10 Å². The lowest BCUT2D eigenvalue weighted by Gasteiger charge is -2.20. The van der Waals surface area contributed by atoms with Gasteiger partial charge in [0.05, 0.1) is 0 Å². The molecule has 1 rings (SSSR count). The predicted octanol–water partition coefficient (Wildman–Crippen LogP) is 0.883. The Morgan fingerprint density at radius 2 is 2.44 bits per heavy atom. The standard InChI is InChI=1S/C6H8ClO2/c7-5-1-2-9-6(3-5)4-8/h5-6H,1-3H2. The van der Waals surface area contributed by atoms with Crippen LogP contribution in [0.5, 0.6) is 0 Å². The SMILES string of the molecule is O=[C]C1CC(Cl)CCO1. The lowest BCUT2D eigenvalue weighted by atomic mass is 10.1. The molecule has 3 heteroatoms. The van der Waals surface area contributed by atoms with Crippen LogP contribution < -0.4 is 0 Å². The van der Waals surface area contributed by atoms with E-state index in [-0.39, 0.29) is 11.5 Å². The summed E-state index contributed by atoms with van der Waals surface area (Å²) in [5, 5.41) is 0.102. The summed E-state index contributed by atoms with van der Waals surface area (Å²) in [6, 6.07) is 0. The van der Waals surface area contributed by atoms with Crippen molar-refractivity contribution in [2.45, 2.75) is 24.3 Å². The fourth-order valence-corrected chi connectivity index (χ4v) is 1.09. The zero-order valence-corrected chi connectivity index (χ0v) is 5.73. The van der Waals surface area contributed by atoms with E-state index < -0.39 is 0 Å². The lowest BCUT2D eigenvalue weighted by Crippen LogP contribution is -2.26. The maximum absolute atomic E-state index is 10.00. The van der Waals surface area contributed by atoms with Gasteiger partial charge in [0.25, 0.3) is 0 Å². The second-order valence-corrected chi connectivity index (χ2v) is 2.72. The van der Waals surface area contributed by atoms with Crippen LogP contribution >= 0.6 is 11.6 Å². The minimum absolute atomic E-state index is 0.102. The van der Waals surface area contributed by atoms with Crippen LogP contribution in [-0.4, -0.2) is 24.4 Å². The highest BCUT2D eigenvalue weighted by Gasteiger charge is 2.20. The van der Waals surface area contributed by atoms with Gasteiger partial charge in [-0.15, -0.1) is 11.6 Å². The highest BCUT2D eigenvalue weighted by molar-refractivity contribution is 6.20. The quantitative estimate of drug-likeness (QED) is 0.515. The van der Waals surface area contributed by atoms with E-state index in [0.717, 1.165) is 6.42 Å². The Hall–Kier alpha value is -0.0800. The molecule has 1 radical (unpaired) electrons. The van der Waals surface area contributed by atoms with Crippen molar-refractivity contribution >= 4 is 17.9 Å². The first-order valence-corrected chi connectivity index (χ1v) is 3.40. The summed E-state index contributed by atoms with van der Waals surface area (Å²) < 4.78 is 4.99. The zero-order valence-electron chi connectivity index (χ0n) is 4.97. The molecule has 2 unspecified atom stereocenters. The number of halogens is 1. The molecular formula is C6H8ClO2. The molecule has 1 saturated heterocycles. The van der Waals surface area contributed by atoms with Crippen LogP contribution in [0.3, 0.4) is 0 Å². The van der Waals surface area contributed by atoms with Gasteiger partial charge in [0, 0.05) is 12.0 Å². The number of hydrogen-bond donors (Lipinski definition) is 0. The fourth-order valence-electron chi connectivity index (χ4n) is 0.838. The highest BCUT2D eigenvalue weighted by atomic mass is 35.5.